The molecule has 0 heterocycles. The van der Waals surface area contributed by atoms with E-state index in [-0.39, 0.29) is 11.8 Å². The first-order chi connectivity index (χ1) is 17.4. The summed E-state index contributed by atoms with van der Waals surface area (Å²) in [6.07, 6.45) is 3.66. The van der Waals surface area contributed by atoms with E-state index >= 15 is 0 Å². The van der Waals surface area contributed by atoms with Crippen molar-refractivity contribution in [3.8, 4) is 11.5 Å². The van der Waals surface area contributed by atoms with Crippen LogP contribution in [0.15, 0.2) is 66.7 Å². The molecule has 36 heavy (non-hydrogen) atoms. The minimum Gasteiger partial charge on any atom is -0.493 e. The number of amides is 2. The Balaban J connectivity index is 1.84. The first-order valence-corrected chi connectivity index (χ1v) is 14.0. The van der Waals surface area contributed by atoms with Gasteiger partial charge in [0.1, 0.15) is 6.17 Å². The molecule has 3 aromatic rings. The van der Waals surface area contributed by atoms with Crippen LogP contribution in [0.5, 0.6) is 11.5 Å². The molecule has 3 rings (SSSR count). The fourth-order valence-corrected chi connectivity index (χ4v) is 4.67. The number of benzene rings is 3. The molecule has 0 saturated carbocycles. The van der Waals surface area contributed by atoms with E-state index in [2.05, 4.69) is 62.7 Å². The standard InChI is InChI=1S/C28H30I2N2O4/c1-3-4-5-6-15-36-24-14-13-19(18-25(24)35-2)26(31-27(33)20-9-7-11-22(29)16-20)32-28(34)21-10-8-12-23(30)17-21/h7-14,16-18,26H,3-6,15H2,1-2H3,(H,31,33)(H,32,34). The molecule has 190 valence electrons. The molecule has 8 heteroatoms. The minimum atomic E-state index is -0.784. The second-order valence-electron chi connectivity index (χ2n) is 8.22. The van der Waals surface area contributed by atoms with Crippen LogP contribution in [-0.2, 0) is 0 Å². The summed E-state index contributed by atoms with van der Waals surface area (Å²) in [5.41, 5.74) is 1.69. The lowest BCUT2D eigenvalue weighted by atomic mass is 10.1. The number of methoxy groups -OCH3 is 1. The van der Waals surface area contributed by atoms with Gasteiger partial charge in [0.15, 0.2) is 11.5 Å². The third-order valence-electron chi connectivity index (χ3n) is 5.50. The Morgan fingerprint density at radius 2 is 1.42 bits per heavy atom. The van der Waals surface area contributed by atoms with Crippen LogP contribution in [0.1, 0.15) is 65.1 Å². The van der Waals surface area contributed by atoms with Crippen molar-refractivity contribution in [2.24, 2.45) is 0 Å². The number of nitrogens with one attached hydrogen (secondary N) is 2. The molecular formula is C28H30I2N2O4. The topological polar surface area (TPSA) is 76.7 Å². The monoisotopic (exact) mass is 712 g/mol. The average molecular weight is 712 g/mol. The van der Waals surface area contributed by atoms with Gasteiger partial charge in [0.05, 0.1) is 13.7 Å². The summed E-state index contributed by atoms with van der Waals surface area (Å²) in [5.74, 6) is 0.581. The second-order valence-corrected chi connectivity index (χ2v) is 10.7. The zero-order chi connectivity index (χ0) is 25.9. The number of unbranched alkanes of at least 4 members (excludes halogenated alkanes) is 3. The lowest BCUT2D eigenvalue weighted by Gasteiger charge is -2.22. The SMILES string of the molecule is CCCCCCOc1ccc(C(NC(=O)c2cccc(I)c2)NC(=O)c2cccc(I)c2)cc1OC. The van der Waals surface area contributed by atoms with E-state index in [1.165, 1.54) is 12.8 Å². The molecule has 0 unspecified atom stereocenters. The quantitative estimate of drug-likeness (QED) is 0.124. The predicted octanol–water partition coefficient (Wildman–Crippen LogP) is 6.72. The smallest absolute Gasteiger partial charge is 0.253 e. The highest BCUT2D eigenvalue weighted by atomic mass is 127. The zero-order valence-corrected chi connectivity index (χ0v) is 24.7. The minimum absolute atomic E-state index is 0.295. The molecule has 0 fully saturated rings. The first-order valence-electron chi connectivity index (χ1n) is 11.8. The van der Waals surface area contributed by atoms with Gasteiger partial charge in [0.2, 0.25) is 0 Å². The van der Waals surface area contributed by atoms with Crippen molar-refractivity contribution in [1.29, 1.82) is 0 Å². The van der Waals surface area contributed by atoms with Gasteiger partial charge < -0.3 is 20.1 Å². The largest absolute Gasteiger partial charge is 0.493 e. The molecule has 0 aliphatic carbocycles. The Morgan fingerprint density at radius 3 is 1.94 bits per heavy atom. The molecule has 0 radical (unpaired) electrons. The lowest BCUT2D eigenvalue weighted by Crippen LogP contribution is -2.41. The van der Waals surface area contributed by atoms with E-state index in [1.807, 2.05) is 36.4 Å². The predicted molar refractivity (Wildman–Crippen MR) is 159 cm³/mol. The van der Waals surface area contributed by atoms with Crippen LogP contribution in [-0.4, -0.2) is 25.5 Å². The lowest BCUT2D eigenvalue weighted by molar-refractivity contribution is 0.0883. The van der Waals surface area contributed by atoms with Gasteiger partial charge in [0, 0.05) is 18.3 Å². The Labute approximate surface area is 239 Å². The number of rotatable bonds is 12. The molecule has 3 aromatic carbocycles. The Kier molecular flexibility index (Phi) is 11.3. The Bertz CT molecular complexity index is 1130. The molecule has 0 aliphatic rings. The van der Waals surface area contributed by atoms with Crippen molar-refractivity contribution < 1.29 is 19.1 Å². The maximum atomic E-state index is 13.1. The normalized spacial score (nSPS) is 10.7. The highest BCUT2D eigenvalue weighted by Crippen LogP contribution is 2.30. The summed E-state index contributed by atoms with van der Waals surface area (Å²) in [4.78, 5) is 26.2. The van der Waals surface area contributed by atoms with Crippen molar-refractivity contribution in [1.82, 2.24) is 10.6 Å². The third-order valence-corrected chi connectivity index (χ3v) is 6.84. The van der Waals surface area contributed by atoms with Crippen LogP contribution < -0.4 is 20.1 Å². The maximum absolute atomic E-state index is 13.1. The van der Waals surface area contributed by atoms with Crippen molar-refractivity contribution in [2.45, 2.75) is 38.8 Å². The van der Waals surface area contributed by atoms with Crippen molar-refractivity contribution in [3.63, 3.8) is 0 Å². The fourth-order valence-electron chi connectivity index (χ4n) is 3.58. The summed E-state index contributed by atoms with van der Waals surface area (Å²) in [6, 6.07) is 20.0. The van der Waals surface area contributed by atoms with Crippen LogP contribution in [0, 0.1) is 7.14 Å². The first kappa shape index (κ1) is 28.2. The highest BCUT2D eigenvalue weighted by Gasteiger charge is 2.21. The number of carbonyl (C=O) groups is 2. The van der Waals surface area contributed by atoms with Gasteiger partial charge in [-0.25, -0.2) is 0 Å². The van der Waals surface area contributed by atoms with Crippen LogP contribution in [0.2, 0.25) is 0 Å². The summed E-state index contributed by atoms with van der Waals surface area (Å²) in [5, 5.41) is 5.91. The summed E-state index contributed by atoms with van der Waals surface area (Å²) in [6.45, 7) is 2.78. The fraction of sp³-hybridized carbons (Fsp3) is 0.286. The Morgan fingerprint density at radius 1 is 0.806 bits per heavy atom. The zero-order valence-electron chi connectivity index (χ0n) is 20.4. The van der Waals surface area contributed by atoms with Gasteiger partial charge >= 0.3 is 0 Å². The number of ether oxygens (including phenoxy) is 2. The van der Waals surface area contributed by atoms with Gasteiger partial charge in [-0.15, -0.1) is 0 Å². The van der Waals surface area contributed by atoms with Gasteiger partial charge in [0.25, 0.3) is 11.8 Å². The molecule has 0 spiro atoms. The van der Waals surface area contributed by atoms with E-state index in [4.69, 9.17) is 9.47 Å². The van der Waals surface area contributed by atoms with E-state index in [0.29, 0.717) is 34.8 Å². The average Bonchev–Trinajstić information content (AvgIpc) is 2.88. The van der Waals surface area contributed by atoms with Crippen molar-refractivity contribution in [3.05, 3.63) is 90.6 Å². The second kappa shape index (κ2) is 14.4. The van der Waals surface area contributed by atoms with Crippen LogP contribution in [0.3, 0.4) is 0 Å². The summed E-state index contributed by atoms with van der Waals surface area (Å²) >= 11 is 4.33. The summed E-state index contributed by atoms with van der Waals surface area (Å²) in [7, 11) is 1.58. The number of halogens is 2. The number of hydrogen-bond acceptors (Lipinski definition) is 4. The van der Waals surface area contributed by atoms with Crippen LogP contribution >= 0.6 is 45.2 Å². The van der Waals surface area contributed by atoms with Crippen LogP contribution in [0.25, 0.3) is 0 Å². The van der Waals surface area contributed by atoms with E-state index < -0.39 is 6.17 Å². The van der Waals surface area contributed by atoms with Crippen molar-refractivity contribution >= 4 is 57.0 Å². The molecule has 0 saturated heterocycles. The van der Waals surface area contributed by atoms with E-state index in [1.54, 1.807) is 37.4 Å². The van der Waals surface area contributed by atoms with Gasteiger partial charge in [-0.2, -0.15) is 0 Å². The van der Waals surface area contributed by atoms with E-state index in [0.717, 1.165) is 20.0 Å². The number of carbonyl (C=O) groups excluding carboxylic acids is 2. The van der Waals surface area contributed by atoms with Gasteiger partial charge in [-0.3, -0.25) is 9.59 Å². The number of hydrogen-bond donors (Lipinski definition) is 2. The van der Waals surface area contributed by atoms with Crippen molar-refractivity contribution in [2.75, 3.05) is 13.7 Å². The molecule has 0 atom stereocenters. The van der Waals surface area contributed by atoms with Gasteiger partial charge in [-0.05, 0) is 106 Å². The van der Waals surface area contributed by atoms with Gasteiger partial charge in [-0.1, -0.05) is 44.4 Å². The molecule has 0 aliphatic heterocycles. The van der Waals surface area contributed by atoms with Crippen LogP contribution in [0.4, 0.5) is 0 Å². The third kappa shape index (κ3) is 8.36. The molecular weight excluding hydrogens is 682 g/mol. The molecule has 6 nitrogen and oxygen atoms in total. The van der Waals surface area contributed by atoms with E-state index in [9.17, 15) is 9.59 Å². The molecule has 0 bridgehead atoms. The summed E-state index contributed by atoms with van der Waals surface area (Å²) < 4.78 is 13.4. The molecule has 0 aromatic heterocycles. The molecule has 2 N–H and O–H groups in total. The molecule has 2 amide bonds. The Hall–Kier alpha value is -2.34. The highest BCUT2D eigenvalue weighted by molar-refractivity contribution is 14.1. The maximum Gasteiger partial charge on any atom is 0.253 e.